The number of rotatable bonds is 11. The van der Waals surface area contributed by atoms with Gasteiger partial charge in [-0.2, -0.15) is 0 Å². The van der Waals surface area contributed by atoms with Crippen LogP contribution in [0.1, 0.15) is 75.6 Å². The van der Waals surface area contributed by atoms with Crippen molar-refractivity contribution in [3.8, 4) is 0 Å². The maximum atomic E-state index is 11.9. The molecule has 0 atom stereocenters. The Labute approximate surface area is 140 Å². The van der Waals surface area contributed by atoms with E-state index in [1.165, 1.54) is 68.7 Å². The number of carbonyl (C=O) groups is 1. The van der Waals surface area contributed by atoms with Crippen LogP contribution in [0.3, 0.4) is 0 Å². The highest BCUT2D eigenvalue weighted by molar-refractivity contribution is 8.14. The summed E-state index contributed by atoms with van der Waals surface area (Å²) in [6.45, 7) is 4.44. The van der Waals surface area contributed by atoms with Crippen molar-refractivity contribution in [1.82, 2.24) is 0 Å². The molecule has 0 bridgehead atoms. The summed E-state index contributed by atoms with van der Waals surface area (Å²) in [5.41, 5.74) is 2.22. The number of allylic oxidation sites excluding steroid dienone is 1. The first-order valence-corrected chi connectivity index (χ1v) is 9.60. The van der Waals surface area contributed by atoms with Gasteiger partial charge in [0, 0.05) is 11.3 Å². The van der Waals surface area contributed by atoms with E-state index in [1.54, 1.807) is 0 Å². The molecule has 0 heterocycles. The predicted octanol–water partition coefficient (Wildman–Crippen LogP) is 6.65. The first kappa shape index (κ1) is 19.0. The average molecular weight is 319 g/mol. The van der Waals surface area contributed by atoms with Gasteiger partial charge >= 0.3 is 0 Å². The maximum absolute atomic E-state index is 11.9. The second kappa shape index (κ2) is 12.5. The smallest absolute Gasteiger partial charge is 0.219 e. The number of hydrogen-bond acceptors (Lipinski definition) is 2. The van der Waals surface area contributed by atoms with Crippen LogP contribution in [0.25, 0.3) is 0 Å². The van der Waals surface area contributed by atoms with E-state index in [2.05, 4.69) is 19.9 Å². The van der Waals surface area contributed by atoms with Crippen LogP contribution in [0, 0.1) is 0 Å². The normalized spacial score (nSPS) is 11.6. The van der Waals surface area contributed by atoms with Gasteiger partial charge in [0.2, 0.25) is 5.12 Å². The van der Waals surface area contributed by atoms with Gasteiger partial charge in [0.1, 0.15) is 0 Å². The molecule has 1 nitrogen and oxygen atoms in total. The summed E-state index contributed by atoms with van der Waals surface area (Å²) in [6.07, 6.45) is 12.9. The Bertz CT molecular complexity index is 436. The molecule has 22 heavy (non-hydrogen) atoms. The van der Waals surface area contributed by atoms with Crippen molar-refractivity contribution in [2.45, 2.75) is 65.2 Å². The lowest BCUT2D eigenvalue weighted by Gasteiger charge is -2.03. The van der Waals surface area contributed by atoms with Gasteiger partial charge in [-0.15, -0.1) is 0 Å². The zero-order chi connectivity index (χ0) is 16.0. The van der Waals surface area contributed by atoms with Gasteiger partial charge in [-0.05, 0) is 19.8 Å². The summed E-state index contributed by atoms with van der Waals surface area (Å²) in [4.78, 5) is 11.9. The van der Waals surface area contributed by atoms with E-state index in [0.29, 0.717) is 0 Å². The number of carbonyl (C=O) groups excluding carboxylic acids is 1. The first-order valence-electron chi connectivity index (χ1n) is 8.62. The van der Waals surface area contributed by atoms with E-state index in [1.807, 2.05) is 30.3 Å². The molecule has 0 spiro atoms. The van der Waals surface area contributed by atoms with Crippen LogP contribution in [0.4, 0.5) is 0 Å². The number of benzene rings is 1. The fraction of sp³-hybridized carbons (Fsp3) is 0.550. The van der Waals surface area contributed by atoms with Crippen LogP contribution in [-0.2, 0) is 0 Å². The molecule has 122 valence electrons. The molecule has 1 aromatic rings. The minimum atomic E-state index is 0.167. The molecule has 1 aromatic carbocycles. The topological polar surface area (TPSA) is 17.1 Å². The first-order chi connectivity index (χ1) is 10.7. The van der Waals surface area contributed by atoms with Crippen molar-refractivity contribution in [2.75, 3.05) is 5.75 Å². The van der Waals surface area contributed by atoms with Gasteiger partial charge in [-0.25, -0.2) is 0 Å². The summed E-state index contributed by atoms with van der Waals surface area (Å²) in [5.74, 6) is 0.788. The van der Waals surface area contributed by atoms with Crippen molar-refractivity contribution in [2.24, 2.45) is 0 Å². The number of hydrogen-bond donors (Lipinski definition) is 0. The molecule has 0 unspecified atom stereocenters. The zero-order valence-electron chi connectivity index (χ0n) is 14.1. The molecule has 0 aliphatic rings. The largest absolute Gasteiger partial charge is 0.282 e. The summed E-state index contributed by atoms with van der Waals surface area (Å²) < 4.78 is 0. The van der Waals surface area contributed by atoms with E-state index in [-0.39, 0.29) is 5.12 Å². The molecular weight excluding hydrogens is 288 g/mol. The third kappa shape index (κ3) is 9.09. The van der Waals surface area contributed by atoms with Crippen molar-refractivity contribution in [3.05, 3.63) is 47.5 Å². The van der Waals surface area contributed by atoms with Gasteiger partial charge in [0.05, 0.1) is 0 Å². The SMILES string of the molecule is CCCCCCCCC/C(C)=C/CSC(=O)c1ccccc1. The Morgan fingerprint density at radius 3 is 2.32 bits per heavy atom. The third-order valence-corrected chi connectivity index (χ3v) is 4.66. The Balaban J connectivity index is 2.09. The molecule has 0 fully saturated rings. The zero-order valence-corrected chi connectivity index (χ0v) is 15.0. The minimum Gasteiger partial charge on any atom is -0.282 e. The quantitative estimate of drug-likeness (QED) is 0.336. The molecule has 2 heteroatoms. The maximum Gasteiger partial charge on any atom is 0.219 e. The predicted molar refractivity (Wildman–Crippen MR) is 99.6 cm³/mol. The van der Waals surface area contributed by atoms with Crippen molar-refractivity contribution in [3.63, 3.8) is 0 Å². The van der Waals surface area contributed by atoms with Crippen LogP contribution >= 0.6 is 11.8 Å². The lowest BCUT2D eigenvalue weighted by Crippen LogP contribution is -1.93. The molecule has 0 aliphatic carbocycles. The summed E-state index contributed by atoms with van der Waals surface area (Å²) in [7, 11) is 0. The second-order valence-electron chi connectivity index (χ2n) is 5.89. The van der Waals surface area contributed by atoms with Crippen molar-refractivity contribution < 1.29 is 4.79 Å². The van der Waals surface area contributed by atoms with Crippen LogP contribution in [0.15, 0.2) is 42.0 Å². The minimum absolute atomic E-state index is 0.167. The number of unbranched alkanes of at least 4 members (excludes halogenated alkanes) is 6. The lowest BCUT2D eigenvalue weighted by atomic mass is 10.1. The Kier molecular flexibility index (Phi) is 10.8. The number of thioether (sulfide) groups is 1. The standard InChI is InChI=1S/C20H30OS/c1-3-4-5-6-7-8-10-13-18(2)16-17-22-20(21)19-14-11-9-12-15-19/h9,11-12,14-16H,3-8,10,13,17H2,1-2H3/b18-16+. The third-order valence-electron chi connectivity index (χ3n) is 3.83. The molecule has 0 aliphatic heterocycles. The molecule has 0 radical (unpaired) electrons. The summed E-state index contributed by atoms with van der Waals surface area (Å²) in [6, 6.07) is 9.52. The van der Waals surface area contributed by atoms with Gasteiger partial charge < -0.3 is 0 Å². The fourth-order valence-corrected chi connectivity index (χ4v) is 3.20. The van der Waals surface area contributed by atoms with Gasteiger partial charge in [-0.1, -0.05) is 99.2 Å². The molecular formula is C20H30OS. The van der Waals surface area contributed by atoms with Gasteiger partial charge in [0.25, 0.3) is 0 Å². The molecule has 0 saturated heterocycles. The monoisotopic (exact) mass is 318 g/mol. The van der Waals surface area contributed by atoms with E-state index in [9.17, 15) is 4.79 Å². The molecule has 0 aromatic heterocycles. The van der Waals surface area contributed by atoms with Gasteiger partial charge in [0.15, 0.2) is 0 Å². The molecule has 1 rings (SSSR count). The Morgan fingerprint density at radius 2 is 1.64 bits per heavy atom. The summed E-state index contributed by atoms with van der Waals surface area (Å²) >= 11 is 1.40. The van der Waals surface area contributed by atoms with Crippen molar-refractivity contribution >= 4 is 16.9 Å². The highest BCUT2D eigenvalue weighted by atomic mass is 32.2. The van der Waals surface area contributed by atoms with Crippen LogP contribution in [-0.4, -0.2) is 10.9 Å². The second-order valence-corrected chi connectivity index (χ2v) is 6.88. The molecule has 0 N–H and O–H groups in total. The average Bonchev–Trinajstić information content (AvgIpc) is 2.54. The van der Waals surface area contributed by atoms with E-state index in [4.69, 9.17) is 0 Å². The molecule has 0 amide bonds. The van der Waals surface area contributed by atoms with Crippen LogP contribution in [0.5, 0.6) is 0 Å². The van der Waals surface area contributed by atoms with E-state index >= 15 is 0 Å². The lowest BCUT2D eigenvalue weighted by molar-refractivity contribution is 0.108. The van der Waals surface area contributed by atoms with Gasteiger partial charge in [-0.3, -0.25) is 4.79 Å². The Hall–Kier alpha value is -1.02. The van der Waals surface area contributed by atoms with E-state index in [0.717, 1.165) is 11.3 Å². The van der Waals surface area contributed by atoms with E-state index < -0.39 is 0 Å². The van der Waals surface area contributed by atoms with Crippen molar-refractivity contribution in [1.29, 1.82) is 0 Å². The summed E-state index contributed by atoms with van der Waals surface area (Å²) in [5, 5.41) is 0.167. The highest BCUT2D eigenvalue weighted by Gasteiger charge is 2.03. The highest BCUT2D eigenvalue weighted by Crippen LogP contribution is 2.15. The van der Waals surface area contributed by atoms with Crippen LogP contribution < -0.4 is 0 Å². The molecule has 0 saturated carbocycles. The fourth-order valence-electron chi connectivity index (χ4n) is 2.38. The Morgan fingerprint density at radius 1 is 1.00 bits per heavy atom. The van der Waals surface area contributed by atoms with Crippen LogP contribution in [0.2, 0.25) is 0 Å².